The fourth-order valence-corrected chi connectivity index (χ4v) is 5.46. The number of ether oxygens (including phenoxy) is 2. The molecule has 0 radical (unpaired) electrons. The van der Waals surface area contributed by atoms with Gasteiger partial charge in [-0.25, -0.2) is 12.8 Å². The minimum absolute atomic E-state index is 0.0251. The number of nitrogens with zero attached hydrogens (tertiary/aromatic N) is 1. The van der Waals surface area contributed by atoms with E-state index >= 15 is 0 Å². The summed E-state index contributed by atoms with van der Waals surface area (Å²) < 4.78 is 51.9. The van der Waals surface area contributed by atoms with Crippen LogP contribution in [-0.2, 0) is 26.2 Å². The van der Waals surface area contributed by atoms with E-state index in [9.17, 15) is 22.7 Å². The Kier molecular flexibility index (Phi) is 7.16. The van der Waals surface area contributed by atoms with Gasteiger partial charge in [0.2, 0.25) is 10.0 Å². The van der Waals surface area contributed by atoms with E-state index in [2.05, 4.69) is 0 Å². The maximum atomic E-state index is 13.4. The summed E-state index contributed by atoms with van der Waals surface area (Å²) >= 11 is 0. The number of benzene rings is 2. The van der Waals surface area contributed by atoms with Gasteiger partial charge in [-0.3, -0.25) is 4.79 Å². The molecule has 33 heavy (non-hydrogen) atoms. The number of sulfonamides is 1. The van der Waals surface area contributed by atoms with Crippen LogP contribution in [0, 0.1) is 5.82 Å². The maximum absolute atomic E-state index is 13.4. The van der Waals surface area contributed by atoms with Crippen molar-refractivity contribution < 1.29 is 32.2 Å². The van der Waals surface area contributed by atoms with Crippen LogP contribution in [0.4, 0.5) is 4.39 Å². The van der Waals surface area contributed by atoms with Crippen LogP contribution in [0.1, 0.15) is 46.1 Å². The van der Waals surface area contributed by atoms with Gasteiger partial charge in [0.05, 0.1) is 10.5 Å². The number of rotatable bonds is 6. The van der Waals surface area contributed by atoms with Gasteiger partial charge < -0.3 is 14.6 Å². The number of halogens is 1. The van der Waals surface area contributed by atoms with Crippen molar-refractivity contribution in [3.8, 4) is 5.75 Å². The lowest BCUT2D eigenvalue weighted by atomic mass is 9.87. The van der Waals surface area contributed by atoms with Crippen LogP contribution in [-0.4, -0.2) is 47.6 Å². The summed E-state index contributed by atoms with van der Waals surface area (Å²) in [5.74, 6) is -0.683. The SMILES string of the molecule is CC(C)(C)OC(=O)C1N(S(=O)(=O)c2ccc(OCc3ccc(F)cc3)cc2)CCCC1(C)O. The largest absolute Gasteiger partial charge is 0.489 e. The van der Waals surface area contributed by atoms with Crippen molar-refractivity contribution in [1.29, 1.82) is 0 Å². The van der Waals surface area contributed by atoms with E-state index in [0.29, 0.717) is 12.2 Å². The predicted molar refractivity (Wildman–Crippen MR) is 121 cm³/mol. The summed E-state index contributed by atoms with van der Waals surface area (Å²) in [7, 11) is -4.10. The lowest BCUT2D eigenvalue weighted by Gasteiger charge is -2.43. The van der Waals surface area contributed by atoms with Gasteiger partial charge >= 0.3 is 5.97 Å². The van der Waals surface area contributed by atoms with E-state index in [4.69, 9.17) is 9.47 Å². The molecule has 0 bridgehead atoms. The summed E-state index contributed by atoms with van der Waals surface area (Å²) in [5.41, 5.74) is -1.63. The van der Waals surface area contributed by atoms with Crippen LogP contribution in [0.5, 0.6) is 5.75 Å². The van der Waals surface area contributed by atoms with Crippen molar-refractivity contribution in [2.75, 3.05) is 6.54 Å². The van der Waals surface area contributed by atoms with Crippen molar-refractivity contribution in [1.82, 2.24) is 4.31 Å². The van der Waals surface area contributed by atoms with E-state index in [1.807, 2.05) is 0 Å². The zero-order valence-corrected chi connectivity index (χ0v) is 20.1. The van der Waals surface area contributed by atoms with Gasteiger partial charge in [0.25, 0.3) is 0 Å². The molecular formula is C24H30FNO6S. The first kappa shape index (κ1) is 25.1. The van der Waals surface area contributed by atoms with E-state index in [1.54, 1.807) is 32.9 Å². The van der Waals surface area contributed by atoms with Gasteiger partial charge in [-0.15, -0.1) is 0 Å². The molecule has 2 aromatic rings. The van der Waals surface area contributed by atoms with Gasteiger partial charge in [0.15, 0.2) is 6.04 Å². The van der Waals surface area contributed by atoms with Gasteiger partial charge in [0.1, 0.15) is 23.8 Å². The summed E-state index contributed by atoms with van der Waals surface area (Å²) in [4.78, 5) is 12.9. The summed E-state index contributed by atoms with van der Waals surface area (Å²) in [5, 5.41) is 10.9. The normalized spacial score (nSPS) is 22.1. The smallest absolute Gasteiger partial charge is 0.327 e. The van der Waals surface area contributed by atoms with E-state index in [1.165, 1.54) is 43.3 Å². The van der Waals surface area contributed by atoms with Gasteiger partial charge in [-0.05, 0) is 82.5 Å². The third kappa shape index (κ3) is 6.10. The Hall–Kier alpha value is -2.49. The average Bonchev–Trinajstić information content (AvgIpc) is 2.71. The molecule has 1 aliphatic heterocycles. The molecule has 1 aliphatic rings. The summed E-state index contributed by atoms with van der Waals surface area (Å²) in [6.07, 6.45) is 0.684. The topological polar surface area (TPSA) is 93.1 Å². The van der Waals surface area contributed by atoms with Crippen molar-refractivity contribution in [3.05, 3.63) is 59.9 Å². The van der Waals surface area contributed by atoms with Crippen molar-refractivity contribution >= 4 is 16.0 Å². The second-order valence-corrected chi connectivity index (χ2v) is 11.3. The highest BCUT2D eigenvalue weighted by atomic mass is 32.2. The lowest BCUT2D eigenvalue weighted by Crippen LogP contribution is -2.61. The fraction of sp³-hybridized carbons (Fsp3) is 0.458. The average molecular weight is 480 g/mol. The minimum Gasteiger partial charge on any atom is -0.489 e. The minimum atomic E-state index is -4.10. The molecular weight excluding hydrogens is 449 g/mol. The highest BCUT2D eigenvalue weighted by molar-refractivity contribution is 7.89. The number of carbonyl (C=O) groups excluding carboxylic acids is 1. The fourth-order valence-electron chi connectivity index (χ4n) is 3.75. The molecule has 0 aromatic heterocycles. The van der Waals surface area contributed by atoms with E-state index in [-0.39, 0.29) is 30.3 Å². The van der Waals surface area contributed by atoms with Crippen LogP contribution >= 0.6 is 0 Å². The Bertz CT molecular complexity index is 1080. The molecule has 0 amide bonds. The van der Waals surface area contributed by atoms with Crippen molar-refractivity contribution in [2.45, 2.75) is 69.3 Å². The highest BCUT2D eigenvalue weighted by Crippen LogP contribution is 2.34. The molecule has 2 aromatic carbocycles. The van der Waals surface area contributed by atoms with Crippen molar-refractivity contribution in [2.24, 2.45) is 0 Å². The molecule has 1 heterocycles. The second-order valence-electron chi connectivity index (χ2n) is 9.40. The summed E-state index contributed by atoms with van der Waals surface area (Å²) in [6.45, 7) is 6.80. The van der Waals surface area contributed by atoms with Crippen LogP contribution in [0.15, 0.2) is 53.4 Å². The van der Waals surface area contributed by atoms with Gasteiger partial charge in [-0.1, -0.05) is 12.1 Å². The number of hydrogen-bond acceptors (Lipinski definition) is 6. The van der Waals surface area contributed by atoms with Crippen LogP contribution in [0.2, 0.25) is 0 Å². The molecule has 2 atom stereocenters. The number of carbonyl (C=O) groups is 1. The number of piperidine rings is 1. The Morgan fingerprint density at radius 2 is 1.76 bits per heavy atom. The zero-order chi connectivity index (χ0) is 24.4. The van der Waals surface area contributed by atoms with Crippen molar-refractivity contribution in [3.63, 3.8) is 0 Å². The highest BCUT2D eigenvalue weighted by Gasteiger charge is 2.50. The maximum Gasteiger partial charge on any atom is 0.327 e. The standard InChI is InChI=1S/C24H30FNO6S/c1-23(2,3)32-22(27)21-24(4,28)14-5-15-26(21)33(29,30)20-12-10-19(11-13-20)31-16-17-6-8-18(25)9-7-17/h6-13,21,28H,5,14-16H2,1-4H3. The lowest BCUT2D eigenvalue weighted by molar-refractivity contribution is -0.171. The predicted octanol–water partition coefficient (Wildman–Crippen LogP) is 3.65. The number of aliphatic hydroxyl groups is 1. The Morgan fingerprint density at radius 3 is 2.33 bits per heavy atom. The van der Waals surface area contributed by atoms with Crippen LogP contribution < -0.4 is 4.74 Å². The van der Waals surface area contributed by atoms with E-state index < -0.39 is 33.2 Å². The third-order valence-corrected chi connectivity index (χ3v) is 7.20. The first-order valence-electron chi connectivity index (χ1n) is 10.7. The monoisotopic (exact) mass is 479 g/mol. The Morgan fingerprint density at radius 1 is 1.15 bits per heavy atom. The molecule has 0 spiro atoms. The number of hydrogen-bond donors (Lipinski definition) is 1. The first-order chi connectivity index (χ1) is 15.3. The molecule has 1 fully saturated rings. The molecule has 0 aliphatic carbocycles. The summed E-state index contributed by atoms with van der Waals surface area (Å²) in [6, 6.07) is 10.3. The molecule has 1 saturated heterocycles. The first-order valence-corrected chi connectivity index (χ1v) is 12.2. The third-order valence-electron chi connectivity index (χ3n) is 5.32. The molecule has 3 rings (SSSR count). The van der Waals surface area contributed by atoms with Gasteiger partial charge in [-0.2, -0.15) is 4.31 Å². The van der Waals surface area contributed by atoms with Crippen LogP contribution in [0.25, 0.3) is 0 Å². The molecule has 2 unspecified atom stereocenters. The molecule has 180 valence electrons. The number of esters is 1. The molecule has 7 nitrogen and oxygen atoms in total. The molecule has 9 heteroatoms. The van der Waals surface area contributed by atoms with Crippen LogP contribution in [0.3, 0.4) is 0 Å². The zero-order valence-electron chi connectivity index (χ0n) is 19.2. The van der Waals surface area contributed by atoms with Gasteiger partial charge in [0, 0.05) is 6.54 Å². The Labute approximate surface area is 194 Å². The van der Waals surface area contributed by atoms with E-state index in [0.717, 1.165) is 9.87 Å². The molecule has 0 saturated carbocycles. The second kappa shape index (κ2) is 9.40. The quantitative estimate of drug-likeness (QED) is 0.636. The molecule has 1 N–H and O–H groups in total. The Balaban J connectivity index is 1.80.